The Balaban J connectivity index is 1.25. The van der Waals surface area contributed by atoms with Gasteiger partial charge < -0.3 is 35.4 Å². The predicted molar refractivity (Wildman–Crippen MR) is 171 cm³/mol. The summed E-state index contributed by atoms with van der Waals surface area (Å²) in [6.07, 6.45) is -7.21. The van der Waals surface area contributed by atoms with E-state index in [9.17, 15) is 43.4 Å². The number of hydrogen-bond donors (Lipinski definition) is 6. The smallest absolute Gasteiger partial charge is 0.241 e. The lowest BCUT2D eigenvalue weighted by atomic mass is 9.90. The molecule has 0 amide bonds. The van der Waals surface area contributed by atoms with Gasteiger partial charge in [0.15, 0.2) is 0 Å². The Morgan fingerprint density at radius 1 is 0.830 bits per heavy atom. The molecule has 8 atom stereocenters. The van der Waals surface area contributed by atoms with Crippen molar-refractivity contribution < 1.29 is 48.2 Å². The first-order chi connectivity index (χ1) is 22.5. The summed E-state index contributed by atoms with van der Waals surface area (Å²) in [4.78, 5) is 0. The van der Waals surface area contributed by atoms with Crippen LogP contribution in [-0.4, -0.2) is 75.3 Å². The van der Waals surface area contributed by atoms with E-state index in [1.807, 2.05) is 0 Å². The molecule has 0 aromatic heterocycles. The largest absolute Gasteiger partial charge is 0.508 e. The molecule has 4 aromatic rings. The number of aromatic hydroxyl groups is 1. The van der Waals surface area contributed by atoms with Crippen molar-refractivity contribution >= 4 is 15.7 Å². The van der Waals surface area contributed by atoms with Crippen LogP contribution in [0.5, 0.6) is 5.75 Å². The predicted octanol–water partition coefficient (Wildman–Crippen LogP) is 3.49. The monoisotopic (exact) mass is 665 g/mol. The van der Waals surface area contributed by atoms with E-state index >= 15 is 0 Å². The van der Waals surface area contributed by atoms with Gasteiger partial charge in [-0.25, -0.2) is 12.8 Å². The molecule has 0 radical (unpaired) electrons. The number of anilines is 1. The van der Waals surface area contributed by atoms with Gasteiger partial charge >= 0.3 is 0 Å². The van der Waals surface area contributed by atoms with Gasteiger partial charge in [0.1, 0.15) is 47.3 Å². The molecule has 47 heavy (non-hydrogen) atoms. The lowest BCUT2D eigenvalue weighted by Gasteiger charge is -2.48. The number of rotatable bonds is 9. The van der Waals surface area contributed by atoms with E-state index in [-0.39, 0.29) is 18.6 Å². The standard InChI is InChI=1S/C35H36FNO9S/c36-24-13-10-21(11-14-24)27(39)16-17-30-31(37(47(30,44)45)25-4-2-1-3-5-25)26-15-12-23(18-28(26)40)20-6-8-22(9-7-20)35-34(43)33(42)32(41)29(19-38)46-35/h1-15,18,27,29-35,38-43H,16-17,19H2/t27-,29+,30+,31+,32+,33-,34+,35?/m0/s1. The van der Waals surface area contributed by atoms with Crippen molar-refractivity contribution in [3.8, 4) is 16.9 Å². The number of aliphatic hydroxyl groups excluding tert-OH is 5. The first-order valence-corrected chi connectivity index (χ1v) is 16.8. The van der Waals surface area contributed by atoms with Crippen LogP contribution in [-0.2, 0) is 14.8 Å². The van der Waals surface area contributed by atoms with Crippen LogP contribution in [0.3, 0.4) is 0 Å². The van der Waals surface area contributed by atoms with Crippen LogP contribution in [0.1, 0.15) is 47.8 Å². The third-order valence-corrected chi connectivity index (χ3v) is 11.3. The molecule has 0 saturated carbocycles. The van der Waals surface area contributed by atoms with Crippen LogP contribution in [0.2, 0.25) is 0 Å². The fourth-order valence-corrected chi connectivity index (χ4v) is 8.58. The second kappa shape index (κ2) is 13.3. The summed E-state index contributed by atoms with van der Waals surface area (Å²) in [5.41, 5.74) is 3.15. The van der Waals surface area contributed by atoms with E-state index in [4.69, 9.17) is 4.74 Å². The van der Waals surface area contributed by atoms with Crippen LogP contribution >= 0.6 is 0 Å². The molecule has 0 spiro atoms. The highest BCUT2D eigenvalue weighted by molar-refractivity contribution is 7.95. The Kier molecular flexibility index (Phi) is 9.36. The van der Waals surface area contributed by atoms with Crippen molar-refractivity contribution in [1.29, 1.82) is 0 Å². The molecule has 2 fully saturated rings. The maximum absolute atomic E-state index is 13.6. The van der Waals surface area contributed by atoms with Gasteiger partial charge in [-0.3, -0.25) is 4.31 Å². The molecule has 248 valence electrons. The molecule has 2 heterocycles. The van der Waals surface area contributed by atoms with E-state index in [1.165, 1.54) is 34.6 Å². The molecule has 1 unspecified atom stereocenters. The van der Waals surface area contributed by atoms with Crippen LogP contribution in [0.4, 0.5) is 10.1 Å². The molecular formula is C35H36FNO9S. The molecular weight excluding hydrogens is 629 g/mol. The summed E-state index contributed by atoms with van der Waals surface area (Å²) < 4.78 is 47.6. The Labute approximate surface area is 271 Å². The molecule has 6 rings (SSSR count). The minimum atomic E-state index is -3.84. The molecule has 0 bridgehead atoms. The summed E-state index contributed by atoms with van der Waals surface area (Å²) in [5.74, 6) is -0.560. The minimum absolute atomic E-state index is 0.0927. The highest BCUT2D eigenvalue weighted by atomic mass is 32.2. The number of ether oxygens (including phenoxy) is 1. The van der Waals surface area contributed by atoms with Gasteiger partial charge in [0, 0.05) is 5.56 Å². The first kappa shape index (κ1) is 33.0. The molecule has 4 aromatic carbocycles. The first-order valence-electron chi connectivity index (χ1n) is 15.3. The fraction of sp³-hybridized carbons (Fsp3) is 0.314. The van der Waals surface area contributed by atoms with Gasteiger partial charge in [-0.05, 0) is 65.4 Å². The molecule has 10 nitrogen and oxygen atoms in total. The lowest BCUT2D eigenvalue weighted by molar-refractivity contribution is -0.231. The number of aliphatic hydroxyl groups is 5. The Morgan fingerprint density at radius 3 is 2.13 bits per heavy atom. The normalized spacial score (nSPS) is 27.6. The Hall–Kier alpha value is -3.88. The number of nitrogens with zero attached hydrogens (tertiary/aromatic N) is 1. The van der Waals surface area contributed by atoms with Crippen LogP contribution in [0.25, 0.3) is 11.1 Å². The Morgan fingerprint density at radius 2 is 1.49 bits per heavy atom. The van der Waals surface area contributed by atoms with Crippen molar-refractivity contribution in [2.45, 2.75) is 60.8 Å². The van der Waals surface area contributed by atoms with Crippen molar-refractivity contribution in [2.24, 2.45) is 0 Å². The van der Waals surface area contributed by atoms with Gasteiger partial charge in [0.2, 0.25) is 10.0 Å². The second-order valence-electron chi connectivity index (χ2n) is 11.9. The quantitative estimate of drug-likeness (QED) is 0.157. The maximum Gasteiger partial charge on any atom is 0.241 e. The SMILES string of the molecule is O=S1(=O)[C@H](CC[C@H](O)c2ccc(F)cc2)[C@@H](c2ccc(-c3ccc(C4O[C@H](CO)[C@@H](O)[C@H](O)[C@H]4O)cc3)cc2O)N1c1ccccc1. The van der Waals surface area contributed by atoms with Crippen molar-refractivity contribution in [2.75, 3.05) is 10.9 Å². The Bertz CT molecular complexity index is 1790. The number of para-hydroxylation sites is 1. The van der Waals surface area contributed by atoms with Crippen LogP contribution < -0.4 is 4.31 Å². The molecule has 2 aliphatic rings. The molecule has 6 N–H and O–H groups in total. The summed E-state index contributed by atoms with van der Waals surface area (Å²) in [6.45, 7) is -0.537. The van der Waals surface area contributed by atoms with Crippen LogP contribution in [0.15, 0.2) is 97.1 Å². The zero-order valence-corrected chi connectivity index (χ0v) is 25.9. The molecule has 2 aliphatic heterocycles. The molecule has 0 aliphatic carbocycles. The van der Waals surface area contributed by atoms with Crippen molar-refractivity contribution in [1.82, 2.24) is 0 Å². The highest BCUT2D eigenvalue weighted by Gasteiger charge is 2.55. The van der Waals surface area contributed by atoms with Gasteiger partial charge in [0.25, 0.3) is 0 Å². The number of phenolic OH excluding ortho intramolecular Hbond substituents is 1. The van der Waals surface area contributed by atoms with E-state index in [2.05, 4.69) is 0 Å². The van der Waals surface area contributed by atoms with Crippen molar-refractivity contribution in [3.63, 3.8) is 0 Å². The third-order valence-electron chi connectivity index (χ3n) is 9.07. The number of halogens is 1. The summed E-state index contributed by atoms with van der Waals surface area (Å²) in [7, 11) is -3.84. The van der Waals surface area contributed by atoms with Gasteiger partial charge in [0.05, 0.1) is 24.4 Å². The minimum Gasteiger partial charge on any atom is -0.508 e. The average molecular weight is 666 g/mol. The maximum atomic E-state index is 13.6. The third kappa shape index (κ3) is 6.25. The zero-order chi connectivity index (χ0) is 33.5. The van der Waals surface area contributed by atoms with E-state index < -0.39 is 70.4 Å². The highest BCUT2D eigenvalue weighted by Crippen LogP contribution is 2.50. The van der Waals surface area contributed by atoms with Crippen molar-refractivity contribution in [3.05, 3.63) is 120 Å². The van der Waals surface area contributed by atoms with Gasteiger partial charge in [-0.2, -0.15) is 0 Å². The van der Waals surface area contributed by atoms with E-state index in [0.29, 0.717) is 33.5 Å². The van der Waals surface area contributed by atoms with E-state index in [0.717, 1.165) is 0 Å². The molecule has 12 heteroatoms. The number of benzene rings is 4. The second-order valence-corrected chi connectivity index (χ2v) is 14.0. The van der Waals surface area contributed by atoms with E-state index in [1.54, 1.807) is 66.7 Å². The average Bonchev–Trinajstić information content (AvgIpc) is 3.07. The molecule has 2 saturated heterocycles. The van der Waals surface area contributed by atoms with Gasteiger partial charge in [-0.1, -0.05) is 66.7 Å². The summed E-state index contributed by atoms with van der Waals surface area (Å²) in [5, 5.41) is 61.3. The summed E-state index contributed by atoms with van der Waals surface area (Å²) in [6, 6.07) is 25.0. The topological polar surface area (TPSA) is 168 Å². The summed E-state index contributed by atoms with van der Waals surface area (Å²) >= 11 is 0. The number of phenols is 1. The number of sulfonamides is 1. The van der Waals surface area contributed by atoms with Crippen LogP contribution in [0, 0.1) is 5.82 Å². The fourth-order valence-electron chi connectivity index (χ4n) is 6.46. The lowest BCUT2D eigenvalue weighted by Crippen LogP contribution is -2.58. The van der Waals surface area contributed by atoms with Gasteiger partial charge in [-0.15, -0.1) is 0 Å². The number of hydrogen-bond acceptors (Lipinski definition) is 9. The zero-order valence-electron chi connectivity index (χ0n) is 25.1.